The molecule has 0 aromatic heterocycles. The minimum atomic E-state index is 0.297. The summed E-state index contributed by atoms with van der Waals surface area (Å²) in [6.07, 6.45) is 0.297. The lowest BCUT2D eigenvalue weighted by Crippen LogP contribution is -1.94. The lowest BCUT2D eigenvalue weighted by Gasteiger charge is -2.07. The summed E-state index contributed by atoms with van der Waals surface area (Å²) < 4.78 is 5.11. The van der Waals surface area contributed by atoms with Crippen molar-refractivity contribution in [3.8, 4) is 17.9 Å². The van der Waals surface area contributed by atoms with Crippen molar-refractivity contribution in [1.82, 2.24) is 0 Å². The van der Waals surface area contributed by atoms with Gasteiger partial charge in [0.05, 0.1) is 31.2 Å². The average Bonchev–Trinajstić information content (AvgIpc) is 2.20. The lowest BCUT2D eigenvalue weighted by molar-refractivity contribution is 0.411. The zero-order valence-electron chi connectivity index (χ0n) is 8.16. The van der Waals surface area contributed by atoms with E-state index in [1.807, 2.05) is 13.0 Å². The van der Waals surface area contributed by atoms with Crippen molar-refractivity contribution >= 4 is 0 Å². The van der Waals surface area contributed by atoms with E-state index in [2.05, 4.69) is 6.07 Å². The van der Waals surface area contributed by atoms with E-state index in [-0.39, 0.29) is 0 Å². The summed E-state index contributed by atoms with van der Waals surface area (Å²) >= 11 is 0. The maximum Gasteiger partial charge on any atom is 0.123 e. The number of methoxy groups -OCH3 is 1. The van der Waals surface area contributed by atoms with Crippen molar-refractivity contribution in [3.05, 3.63) is 28.8 Å². The molecular formula is C11H10N2O. The van der Waals surface area contributed by atoms with E-state index in [4.69, 9.17) is 15.3 Å². The molecule has 70 valence electrons. The highest BCUT2D eigenvalue weighted by atomic mass is 16.5. The number of benzene rings is 1. The number of nitriles is 2. The van der Waals surface area contributed by atoms with Crippen LogP contribution in [-0.4, -0.2) is 7.11 Å². The van der Waals surface area contributed by atoms with E-state index < -0.39 is 0 Å². The van der Waals surface area contributed by atoms with Crippen LogP contribution in [0.2, 0.25) is 0 Å². The highest BCUT2D eigenvalue weighted by Gasteiger charge is 2.06. The molecule has 0 aliphatic heterocycles. The molecular weight excluding hydrogens is 176 g/mol. The van der Waals surface area contributed by atoms with Crippen molar-refractivity contribution in [1.29, 1.82) is 10.5 Å². The molecule has 3 nitrogen and oxygen atoms in total. The van der Waals surface area contributed by atoms with Gasteiger partial charge in [0.25, 0.3) is 0 Å². The lowest BCUT2D eigenvalue weighted by atomic mass is 10.0. The first-order valence-corrected chi connectivity index (χ1v) is 4.17. The molecule has 1 aromatic carbocycles. The van der Waals surface area contributed by atoms with E-state index in [0.717, 1.165) is 11.1 Å². The summed E-state index contributed by atoms with van der Waals surface area (Å²) in [6.45, 7) is 1.83. The van der Waals surface area contributed by atoms with Gasteiger partial charge in [-0.25, -0.2) is 0 Å². The molecule has 3 heteroatoms. The molecule has 14 heavy (non-hydrogen) atoms. The second-order valence-electron chi connectivity index (χ2n) is 2.92. The number of ether oxygens (including phenoxy) is 1. The average molecular weight is 186 g/mol. The standard InChI is InChI=1S/C11H10N2O/c1-8-10(7-13)5-9(3-4-12)6-11(8)14-2/h5-6H,3H2,1-2H3. The molecule has 0 heterocycles. The highest BCUT2D eigenvalue weighted by molar-refractivity contribution is 5.49. The molecule has 0 unspecified atom stereocenters. The fourth-order valence-corrected chi connectivity index (χ4v) is 1.27. The molecule has 0 aliphatic rings. The van der Waals surface area contributed by atoms with E-state index >= 15 is 0 Å². The second kappa shape index (κ2) is 4.30. The van der Waals surface area contributed by atoms with Crippen molar-refractivity contribution in [2.24, 2.45) is 0 Å². The van der Waals surface area contributed by atoms with Gasteiger partial charge in [-0.1, -0.05) is 0 Å². The van der Waals surface area contributed by atoms with Crippen molar-refractivity contribution in [3.63, 3.8) is 0 Å². The molecule has 0 radical (unpaired) electrons. The molecule has 0 fully saturated rings. The van der Waals surface area contributed by atoms with Gasteiger partial charge in [-0.15, -0.1) is 0 Å². The zero-order chi connectivity index (χ0) is 10.6. The third-order valence-electron chi connectivity index (χ3n) is 2.04. The Bertz CT molecular complexity index is 424. The zero-order valence-corrected chi connectivity index (χ0v) is 8.16. The van der Waals surface area contributed by atoms with Gasteiger partial charge < -0.3 is 4.74 Å². The first-order valence-electron chi connectivity index (χ1n) is 4.17. The SMILES string of the molecule is COc1cc(CC#N)cc(C#N)c1C. The summed E-state index contributed by atoms with van der Waals surface area (Å²) in [6, 6.07) is 7.63. The molecule has 1 rings (SSSR count). The van der Waals surface area contributed by atoms with E-state index in [1.54, 1.807) is 19.2 Å². The molecule has 0 saturated heterocycles. The molecule has 1 aromatic rings. The predicted molar refractivity (Wildman–Crippen MR) is 51.8 cm³/mol. The van der Waals surface area contributed by atoms with Crippen LogP contribution in [0.25, 0.3) is 0 Å². The quantitative estimate of drug-likeness (QED) is 0.709. The van der Waals surface area contributed by atoms with Crippen LogP contribution in [0.5, 0.6) is 5.75 Å². The van der Waals surface area contributed by atoms with Crippen LogP contribution in [0.3, 0.4) is 0 Å². The smallest absolute Gasteiger partial charge is 0.123 e. The summed E-state index contributed by atoms with van der Waals surface area (Å²) in [4.78, 5) is 0. The van der Waals surface area contributed by atoms with Gasteiger partial charge in [0, 0.05) is 5.56 Å². The van der Waals surface area contributed by atoms with Gasteiger partial charge in [0.15, 0.2) is 0 Å². The topological polar surface area (TPSA) is 56.8 Å². The fraction of sp³-hybridized carbons (Fsp3) is 0.273. The molecule has 0 saturated carbocycles. The normalized spacial score (nSPS) is 8.86. The maximum atomic E-state index is 8.84. The Morgan fingerprint density at radius 1 is 1.36 bits per heavy atom. The van der Waals surface area contributed by atoms with Crippen molar-refractivity contribution < 1.29 is 4.74 Å². The van der Waals surface area contributed by atoms with Crippen LogP contribution in [0.15, 0.2) is 12.1 Å². The van der Waals surface area contributed by atoms with Gasteiger partial charge in [-0.3, -0.25) is 0 Å². The number of nitrogens with zero attached hydrogens (tertiary/aromatic N) is 2. The van der Waals surface area contributed by atoms with Crippen molar-refractivity contribution in [2.45, 2.75) is 13.3 Å². The van der Waals surface area contributed by atoms with Crippen LogP contribution < -0.4 is 4.74 Å². The Morgan fingerprint density at radius 2 is 2.07 bits per heavy atom. The molecule has 0 bridgehead atoms. The summed E-state index contributed by atoms with van der Waals surface area (Å²) in [5.74, 6) is 0.661. The molecule has 0 aliphatic carbocycles. The summed E-state index contributed by atoms with van der Waals surface area (Å²) in [7, 11) is 1.56. The highest BCUT2D eigenvalue weighted by Crippen LogP contribution is 2.23. The summed E-state index contributed by atoms with van der Waals surface area (Å²) in [5, 5.41) is 17.4. The van der Waals surface area contributed by atoms with Crippen LogP contribution in [0.1, 0.15) is 16.7 Å². The minimum Gasteiger partial charge on any atom is -0.496 e. The maximum absolute atomic E-state index is 8.84. The predicted octanol–water partition coefficient (Wildman–Crippen LogP) is 1.94. The van der Waals surface area contributed by atoms with Gasteiger partial charge in [0.2, 0.25) is 0 Å². The Kier molecular flexibility index (Phi) is 3.09. The number of hydrogen-bond acceptors (Lipinski definition) is 3. The molecule has 0 atom stereocenters. The van der Waals surface area contributed by atoms with Crippen molar-refractivity contribution in [2.75, 3.05) is 7.11 Å². The Hall–Kier alpha value is -2.00. The van der Waals surface area contributed by atoms with Gasteiger partial charge >= 0.3 is 0 Å². The van der Waals surface area contributed by atoms with E-state index in [9.17, 15) is 0 Å². The third kappa shape index (κ3) is 1.84. The Morgan fingerprint density at radius 3 is 2.57 bits per heavy atom. The largest absolute Gasteiger partial charge is 0.496 e. The fourth-order valence-electron chi connectivity index (χ4n) is 1.27. The molecule has 0 N–H and O–H groups in total. The third-order valence-corrected chi connectivity index (χ3v) is 2.04. The van der Waals surface area contributed by atoms with Crippen LogP contribution in [-0.2, 0) is 6.42 Å². The molecule has 0 amide bonds. The minimum absolute atomic E-state index is 0.297. The number of hydrogen-bond donors (Lipinski definition) is 0. The Balaban J connectivity index is 3.28. The van der Waals surface area contributed by atoms with Crippen LogP contribution >= 0.6 is 0 Å². The second-order valence-corrected chi connectivity index (χ2v) is 2.92. The van der Waals surface area contributed by atoms with E-state index in [1.165, 1.54) is 0 Å². The van der Waals surface area contributed by atoms with E-state index in [0.29, 0.717) is 17.7 Å². The first-order chi connectivity index (χ1) is 6.72. The summed E-state index contributed by atoms with van der Waals surface area (Å²) in [5.41, 5.74) is 2.19. The first kappa shape index (κ1) is 10.1. The van der Waals surface area contributed by atoms with Gasteiger partial charge in [0.1, 0.15) is 5.75 Å². The van der Waals surface area contributed by atoms with Crippen LogP contribution in [0.4, 0.5) is 0 Å². The molecule has 0 spiro atoms. The van der Waals surface area contributed by atoms with Gasteiger partial charge in [-0.2, -0.15) is 10.5 Å². The monoisotopic (exact) mass is 186 g/mol. The van der Waals surface area contributed by atoms with Gasteiger partial charge in [-0.05, 0) is 24.6 Å². The van der Waals surface area contributed by atoms with Crippen LogP contribution in [0, 0.1) is 29.6 Å². The Labute approximate surface area is 83.2 Å². The number of rotatable bonds is 2.